The second-order valence-electron chi connectivity index (χ2n) is 10.7. The van der Waals surface area contributed by atoms with Crippen molar-refractivity contribution in [1.82, 2.24) is 19.8 Å². The Labute approximate surface area is 251 Å². The van der Waals surface area contributed by atoms with Gasteiger partial charge in [-0.3, -0.25) is 14.6 Å². The molecule has 41 heavy (non-hydrogen) atoms. The highest BCUT2D eigenvalue weighted by Crippen LogP contribution is 2.32. The molecule has 2 heterocycles. The van der Waals surface area contributed by atoms with E-state index in [1.54, 1.807) is 0 Å². The first-order valence-electron chi connectivity index (χ1n) is 14.1. The largest absolute Gasteiger partial charge is 0.368 e. The van der Waals surface area contributed by atoms with Gasteiger partial charge in [-0.2, -0.15) is 0 Å². The fourth-order valence-electron chi connectivity index (χ4n) is 5.47. The second-order valence-corrected chi connectivity index (χ2v) is 11.6. The highest BCUT2D eigenvalue weighted by Gasteiger charge is 2.28. The Morgan fingerprint density at radius 3 is 2.05 bits per heavy atom. The lowest BCUT2D eigenvalue weighted by molar-refractivity contribution is -0.119. The maximum absolute atomic E-state index is 12.3. The van der Waals surface area contributed by atoms with Crippen LogP contribution in [0.15, 0.2) is 72.8 Å². The molecular formula is C32H36Cl2N6O. The number of piperazine rings is 1. The molecule has 1 aromatic heterocycles. The summed E-state index contributed by atoms with van der Waals surface area (Å²) in [5.41, 5.74) is 9.00. The number of carbonyl (C=O) groups is 1. The van der Waals surface area contributed by atoms with Gasteiger partial charge in [0, 0.05) is 41.6 Å². The van der Waals surface area contributed by atoms with Crippen LogP contribution in [0.4, 0.5) is 5.82 Å². The van der Waals surface area contributed by atoms with Crippen molar-refractivity contribution in [2.24, 2.45) is 11.7 Å². The van der Waals surface area contributed by atoms with Crippen molar-refractivity contribution >= 4 is 45.8 Å². The normalized spacial score (nSPS) is 16.1. The number of aromatic nitrogens is 2. The third-order valence-electron chi connectivity index (χ3n) is 7.97. The van der Waals surface area contributed by atoms with Gasteiger partial charge in [0.15, 0.2) is 0 Å². The molecule has 3 N–H and O–H groups in total. The zero-order valence-electron chi connectivity index (χ0n) is 23.4. The lowest BCUT2D eigenvalue weighted by Crippen LogP contribution is -2.47. The molecule has 5 rings (SSSR count). The second kappa shape index (κ2) is 13.2. The van der Waals surface area contributed by atoms with Gasteiger partial charge in [0.05, 0.1) is 18.1 Å². The summed E-state index contributed by atoms with van der Waals surface area (Å²) in [5, 5.41) is 5.68. The predicted octanol–water partition coefficient (Wildman–Crippen LogP) is 6.16. The number of primary amides is 1. The van der Waals surface area contributed by atoms with Gasteiger partial charge in [-0.05, 0) is 53.4 Å². The SMILES string of the molecule is CCC(C)[C@H](Nc1nc(CN2CCN(C(c3ccc(Cl)cc3)c3ccc(Cl)cc3)CC2)nc2ccccc12)C(N)=O. The van der Waals surface area contributed by atoms with Crippen LogP contribution >= 0.6 is 23.2 Å². The van der Waals surface area contributed by atoms with Crippen molar-refractivity contribution in [2.45, 2.75) is 38.9 Å². The first kappa shape index (κ1) is 29.3. The lowest BCUT2D eigenvalue weighted by atomic mass is 9.96. The van der Waals surface area contributed by atoms with Crippen LogP contribution in [0.1, 0.15) is 43.3 Å². The van der Waals surface area contributed by atoms with E-state index in [2.05, 4.69) is 46.3 Å². The van der Waals surface area contributed by atoms with Gasteiger partial charge < -0.3 is 11.1 Å². The van der Waals surface area contributed by atoms with E-state index >= 15 is 0 Å². The Morgan fingerprint density at radius 2 is 1.49 bits per heavy atom. The fraction of sp³-hybridized carbons (Fsp3) is 0.344. The Balaban J connectivity index is 1.34. The standard InChI is InChI=1S/C32H36Cl2N6O/c1-3-21(2)29(31(35)41)38-32-26-6-4-5-7-27(26)36-28(37-32)20-39-16-18-40(19-17-39)30(22-8-12-24(33)13-9-22)23-10-14-25(34)15-11-23/h4-15,21,29-30H,3,16-20H2,1-2H3,(H2,35,41)(H,36,37,38)/t21?,29-/m0/s1. The van der Waals surface area contributed by atoms with Crippen LogP contribution in [0, 0.1) is 5.92 Å². The summed E-state index contributed by atoms with van der Waals surface area (Å²) in [6, 6.07) is 23.7. The third-order valence-corrected chi connectivity index (χ3v) is 8.47. The van der Waals surface area contributed by atoms with Crippen LogP contribution in [0.5, 0.6) is 0 Å². The molecule has 0 spiro atoms. The van der Waals surface area contributed by atoms with E-state index in [0.29, 0.717) is 12.4 Å². The Bertz CT molecular complexity index is 1430. The predicted molar refractivity (Wildman–Crippen MR) is 167 cm³/mol. The molecule has 1 unspecified atom stereocenters. The molecule has 9 heteroatoms. The maximum atomic E-state index is 12.3. The van der Waals surface area contributed by atoms with Crippen molar-refractivity contribution in [3.05, 3.63) is 99.8 Å². The van der Waals surface area contributed by atoms with Crippen LogP contribution in [-0.4, -0.2) is 57.9 Å². The molecule has 4 aromatic rings. The molecule has 0 radical (unpaired) electrons. The number of nitrogens with two attached hydrogens (primary N) is 1. The molecule has 0 bridgehead atoms. The van der Waals surface area contributed by atoms with Gasteiger partial charge in [0.25, 0.3) is 0 Å². The summed E-state index contributed by atoms with van der Waals surface area (Å²) in [6.07, 6.45) is 0.827. The smallest absolute Gasteiger partial charge is 0.240 e. The molecule has 1 aliphatic rings. The average Bonchev–Trinajstić information content (AvgIpc) is 2.98. The lowest BCUT2D eigenvalue weighted by Gasteiger charge is -2.39. The number of rotatable bonds is 10. The summed E-state index contributed by atoms with van der Waals surface area (Å²) in [6.45, 7) is 8.19. The van der Waals surface area contributed by atoms with E-state index in [4.69, 9.17) is 38.9 Å². The van der Waals surface area contributed by atoms with E-state index < -0.39 is 6.04 Å². The van der Waals surface area contributed by atoms with E-state index in [0.717, 1.165) is 59.4 Å². The third kappa shape index (κ3) is 6.99. The van der Waals surface area contributed by atoms with Crippen LogP contribution in [0.25, 0.3) is 10.9 Å². The summed E-state index contributed by atoms with van der Waals surface area (Å²) in [5.74, 6) is 1.07. The number of fused-ring (bicyclic) bond motifs is 1. The van der Waals surface area contributed by atoms with Crippen LogP contribution in [-0.2, 0) is 11.3 Å². The van der Waals surface area contributed by atoms with Gasteiger partial charge in [0.1, 0.15) is 17.7 Å². The fourth-order valence-corrected chi connectivity index (χ4v) is 5.72. The molecule has 1 saturated heterocycles. The average molecular weight is 592 g/mol. The number of nitrogens with one attached hydrogen (secondary N) is 1. The Kier molecular flexibility index (Phi) is 9.40. The topological polar surface area (TPSA) is 87.4 Å². The zero-order chi connectivity index (χ0) is 28.9. The number of hydrogen-bond acceptors (Lipinski definition) is 6. The summed E-state index contributed by atoms with van der Waals surface area (Å²) in [4.78, 5) is 26.9. The number of para-hydroxylation sites is 1. The number of hydrogen-bond donors (Lipinski definition) is 2. The number of carbonyl (C=O) groups excluding carboxylic acids is 1. The van der Waals surface area contributed by atoms with Crippen LogP contribution in [0.2, 0.25) is 10.0 Å². The number of nitrogens with zero attached hydrogens (tertiary/aromatic N) is 4. The number of benzene rings is 3. The molecule has 1 amide bonds. The summed E-state index contributed by atoms with van der Waals surface area (Å²) < 4.78 is 0. The first-order chi connectivity index (χ1) is 19.8. The minimum Gasteiger partial charge on any atom is -0.368 e. The maximum Gasteiger partial charge on any atom is 0.240 e. The number of anilines is 1. The molecule has 0 aliphatic carbocycles. The van der Waals surface area contributed by atoms with Crippen molar-refractivity contribution in [2.75, 3.05) is 31.5 Å². The summed E-state index contributed by atoms with van der Waals surface area (Å²) >= 11 is 12.4. The highest BCUT2D eigenvalue weighted by atomic mass is 35.5. The van der Waals surface area contributed by atoms with Crippen molar-refractivity contribution < 1.29 is 4.79 Å². The quantitative estimate of drug-likeness (QED) is 0.230. The molecule has 3 aromatic carbocycles. The summed E-state index contributed by atoms with van der Waals surface area (Å²) in [7, 11) is 0. The van der Waals surface area contributed by atoms with Crippen molar-refractivity contribution in [1.29, 1.82) is 0 Å². The van der Waals surface area contributed by atoms with Gasteiger partial charge in [-0.15, -0.1) is 0 Å². The van der Waals surface area contributed by atoms with E-state index in [9.17, 15) is 4.79 Å². The van der Waals surface area contributed by atoms with Gasteiger partial charge in [0.2, 0.25) is 5.91 Å². The molecule has 2 atom stereocenters. The van der Waals surface area contributed by atoms with Gasteiger partial charge in [-0.1, -0.05) is 79.9 Å². The minimum atomic E-state index is -0.507. The number of halogens is 2. The van der Waals surface area contributed by atoms with Crippen molar-refractivity contribution in [3.63, 3.8) is 0 Å². The van der Waals surface area contributed by atoms with Crippen LogP contribution < -0.4 is 11.1 Å². The van der Waals surface area contributed by atoms with E-state index in [1.807, 2.05) is 55.5 Å². The van der Waals surface area contributed by atoms with Gasteiger partial charge in [-0.25, -0.2) is 9.97 Å². The highest BCUT2D eigenvalue weighted by molar-refractivity contribution is 6.30. The Hall–Kier alpha value is -3.23. The molecule has 1 fully saturated rings. The van der Waals surface area contributed by atoms with Gasteiger partial charge >= 0.3 is 0 Å². The molecular weight excluding hydrogens is 555 g/mol. The molecule has 214 valence electrons. The molecule has 1 aliphatic heterocycles. The zero-order valence-corrected chi connectivity index (χ0v) is 24.9. The first-order valence-corrected chi connectivity index (χ1v) is 14.9. The number of amides is 1. The Morgan fingerprint density at radius 1 is 0.902 bits per heavy atom. The van der Waals surface area contributed by atoms with Crippen LogP contribution in [0.3, 0.4) is 0 Å². The minimum absolute atomic E-state index is 0.0759. The van der Waals surface area contributed by atoms with E-state index in [1.165, 1.54) is 11.1 Å². The monoisotopic (exact) mass is 590 g/mol. The molecule has 0 saturated carbocycles. The van der Waals surface area contributed by atoms with E-state index in [-0.39, 0.29) is 17.9 Å². The van der Waals surface area contributed by atoms with Crippen molar-refractivity contribution in [3.8, 4) is 0 Å². The molecule has 7 nitrogen and oxygen atoms in total.